The number of nitrogens with zero attached hydrogens (tertiary/aromatic N) is 2. The van der Waals surface area contributed by atoms with Gasteiger partial charge in [-0.3, -0.25) is 14.6 Å². The highest BCUT2D eigenvalue weighted by molar-refractivity contribution is 6.00. The van der Waals surface area contributed by atoms with Crippen LogP contribution in [0.3, 0.4) is 0 Å². The van der Waals surface area contributed by atoms with Gasteiger partial charge in [0.25, 0.3) is 0 Å². The maximum absolute atomic E-state index is 12.7. The molecule has 0 fully saturated rings. The quantitative estimate of drug-likeness (QED) is 0.194. The maximum Gasteiger partial charge on any atom is 0.162 e. The molecule has 0 aliphatic carbocycles. The summed E-state index contributed by atoms with van der Waals surface area (Å²) in [4.78, 5) is 29.8. The lowest BCUT2D eigenvalue weighted by molar-refractivity contribution is -0.126. The third kappa shape index (κ3) is 5.99. The van der Waals surface area contributed by atoms with Gasteiger partial charge in [-0.05, 0) is 53.6 Å². The Balaban J connectivity index is 1.21. The molecule has 5 rings (SSSR count). The van der Waals surface area contributed by atoms with Crippen LogP contribution < -0.4 is 14.2 Å². The molecule has 0 saturated carbocycles. The second kappa shape index (κ2) is 11.6. The Labute approximate surface area is 226 Å². The second-order valence-corrected chi connectivity index (χ2v) is 9.11. The van der Waals surface area contributed by atoms with Crippen LogP contribution in [0.4, 0.5) is 0 Å². The molecule has 2 aromatic heterocycles. The second-order valence-electron chi connectivity index (χ2n) is 9.11. The SMILES string of the molecule is COc1cc2nccc(Oc3ccc(CC(=O)CC(=O)Cc4ccccc4-n4cccc4)cc3)c2cc1OC. The summed E-state index contributed by atoms with van der Waals surface area (Å²) in [5.74, 6) is 2.19. The topological polar surface area (TPSA) is 79.7 Å². The highest BCUT2D eigenvalue weighted by Gasteiger charge is 2.15. The zero-order valence-electron chi connectivity index (χ0n) is 21.8. The van der Waals surface area contributed by atoms with Gasteiger partial charge < -0.3 is 18.8 Å². The molecule has 0 spiro atoms. The largest absolute Gasteiger partial charge is 0.493 e. The van der Waals surface area contributed by atoms with E-state index in [9.17, 15) is 9.59 Å². The van der Waals surface area contributed by atoms with E-state index in [2.05, 4.69) is 4.98 Å². The minimum absolute atomic E-state index is 0.101. The predicted molar refractivity (Wildman–Crippen MR) is 149 cm³/mol. The molecule has 0 aliphatic heterocycles. The first-order valence-corrected chi connectivity index (χ1v) is 12.6. The monoisotopic (exact) mass is 520 g/mol. The molecule has 0 aliphatic rings. The zero-order valence-corrected chi connectivity index (χ0v) is 21.8. The number of hydrogen-bond acceptors (Lipinski definition) is 6. The molecule has 0 bridgehead atoms. The van der Waals surface area contributed by atoms with E-state index in [1.807, 2.05) is 83.7 Å². The summed E-state index contributed by atoms with van der Waals surface area (Å²) in [6.07, 6.45) is 5.83. The minimum atomic E-state index is -0.117. The fourth-order valence-corrected chi connectivity index (χ4v) is 4.53. The van der Waals surface area contributed by atoms with E-state index in [0.717, 1.165) is 22.2 Å². The molecule has 0 unspecified atom stereocenters. The smallest absolute Gasteiger partial charge is 0.162 e. The van der Waals surface area contributed by atoms with Gasteiger partial charge in [0, 0.05) is 48.6 Å². The van der Waals surface area contributed by atoms with Crippen molar-refractivity contribution in [2.45, 2.75) is 19.3 Å². The van der Waals surface area contributed by atoms with Gasteiger partial charge in [-0.25, -0.2) is 0 Å². The average Bonchev–Trinajstić information content (AvgIpc) is 3.48. The Bertz CT molecular complexity index is 1610. The number of carbonyl (C=O) groups excluding carboxylic acids is 2. The van der Waals surface area contributed by atoms with E-state index in [0.29, 0.717) is 28.5 Å². The Morgan fingerprint density at radius 2 is 1.46 bits per heavy atom. The molecule has 0 amide bonds. The Morgan fingerprint density at radius 1 is 0.769 bits per heavy atom. The number of pyridine rings is 1. The standard InChI is InChI=1S/C32H28N2O5/c1-37-31-20-27-28(21-32(31)38-2)33-14-13-30(27)39-26-11-9-22(10-12-26)17-24(35)19-25(36)18-23-7-3-4-8-29(23)34-15-5-6-16-34/h3-16,20-21H,17-19H2,1-2H3. The normalized spacial score (nSPS) is 10.8. The molecule has 0 saturated heterocycles. The number of ketones is 2. The molecule has 7 nitrogen and oxygen atoms in total. The number of hydrogen-bond donors (Lipinski definition) is 0. The molecule has 0 N–H and O–H groups in total. The van der Waals surface area contributed by atoms with Crippen molar-refractivity contribution in [2.24, 2.45) is 0 Å². The van der Waals surface area contributed by atoms with Crippen molar-refractivity contribution in [1.82, 2.24) is 9.55 Å². The van der Waals surface area contributed by atoms with Crippen molar-refractivity contribution in [1.29, 1.82) is 0 Å². The van der Waals surface area contributed by atoms with Crippen molar-refractivity contribution < 1.29 is 23.8 Å². The zero-order chi connectivity index (χ0) is 27.2. The molecule has 5 aromatic rings. The van der Waals surface area contributed by atoms with Gasteiger partial charge in [0.1, 0.15) is 23.1 Å². The van der Waals surface area contributed by atoms with E-state index >= 15 is 0 Å². The number of methoxy groups -OCH3 is 2. The third-order valence-corrected chi connectivity index (χ3v) is 6.42. The van der Waals surface area contributed by atoms with Crippen molar-refractivity contribution in [3.63, 3.8) is 0 Å². The number of carbonyl (C=O) groups is 2. The summed E-state index contributed by atoms with van der Waals surface area (Å²) in [5.41, 5.74) is 3.37. The van der Waals surface area contributed by atoms with Crippen LogP contribution in [-0.2, 0) is 22.4 Å². The van der Waals surface area contributed by atoms with Crippen LogP contribution in [0, 0.1) is 0 Å². The van der Waals surface area contributed by atoms with E-state index in [1.165, 1.54) is 0 Å². The average molecular weight is 521 g/mol. The Kier molecular flexibility index (Phi) is 7.68. The van der Waals surface area contributed by atoms with Gasteiger partial charge in [0.2, 0.25) is 0 Å². The first-order valence-electron chi connectivity index (χ1n) is 12.6. The Morgan fingerprint density at radius 3 is 2.21 bits per heavy atom. The van der Waals surface area contributed by atoms with Crippen molar-refractivity contribution in [3.8, 4) is 28.7 Å². The van der Waals surface area contributed by atoms with Crippen LogP contribution in [-0.4, -0.2) is 35.3 Å². The summed E-state index contributed by atoms with van der Waals surface area (Å²) < 4.78 is 18.9. The number of ether oxygens (including phenoxy) is 3. The summed E-state index contributed by atoms with van der Waals surface area (Å²) in [7, 11) is 3.16. The molecular formula is C32H28N2O5. The first-order chi connectivity index (χ1) is 19.0. The summed E-state index contributed by atoms with van der Waals surface area (Å²) in [5, 5.41) is 0.784. The van der Waals surface area contributed by atoms with Gasteiger partial charge in [-0.15, -0.1) is 0 Å². The van der Waals surface area contributed by atoms with Crippen molar-refractivity contribution in [2.75, 3.05) is 14.2 Å². The highest BCUT2D eigenvalue weighted by atomic mass is 16.5. The van der Waals surface area contributed by atoms with Crippen LogP contribution in [0.2, 0.25) is 0 Å². The number of benzene rings is 3. The molecule has 39 heavy (non-hydrogen) atoms. The van der Waals surface area contributed by atoms with Gasteiger partial charge in [-0.1, -0.05) is 30.3 Å². The van der Waals surface area contributed by atoms with Gasteiger partial charge in [-0.2, -0.15) is 0 Å². The minimum Gasteiger partial charge on any atom is -0.493 e. The van der Waals surface area contributed by atoms with Crippen molar-refractivity contribution >= 4 is 22.5 Å². The fourth-order valence-electron chi connectivity index (χ4n) is 4.53. The fraction of sp³-hybridized carbons (Fsp3) is 0.156. The van der Waals surface area contributed by atoms with E-state index in [4.69, 9.17) is 14.2 Å². The van der Waals surface area contributed by atoms with Crippen LogP contribution >= 0.6 is 0 Å². The highest BCUT2D eigenvalue weighted by Crippen LogP contribution is 2.36. The molecule has 196 valence electrons. The molecule has 0 atom stereocenters. The first kappa shape index (κ1) is 25.7. The van der Waals surface area contributed by atoms with E-state index in [-0.39, 0.29) is 30.8 Å². The lowest BCUT2D eigenvalue weighted by Crippen LogP contribution is -2.13. The number of Topliss-reactive ketones (excluding diaryl/α,β-unsaturated/α-hetero) is 2. The van der Waals surface area contributed by atoms with Crippen LogP contribution in [0.25, 0.3) is 16.6 Å². The van der Waals surface area contributed by atoms with Gasteiger partial charge >= 0.3 is 0 Å². The molecule has 7 heteroatoms. The summed E-state index contributed by atoms with van der Waals surface area (Å²) >= 11 is 0. The number of para-hydroxylation sites is 1. The molecule has 0 radical (unpaired) electrons. The van der Waals surface area contributed by atoms with Crippen LogP contribution in [0.1, 0.15) is 17.5 Å². The van der Waals surface area contributed by atoms with E-state index in [1.54, 1.807) is 32.5 Å². The molecule has 2 heterocycles. The summed E-state index contributed by atoms with van der Waals surface area (Å²) in [6, 6.07) is 24.3. The lowest BCUT2D eigenvalue weighted by atomic mass is 10.0. The number of rotatable bonds is 11. The number of fused-ring (bicyclic) bond motifs is 1. The van der Waals surface area contributed by atoms with E-state index < -0.39 is 0 Å². The van der Waals surface area contributed by atoms with Crippen molar-refractivity contribution in [3.05, 3.63) is 109 Å². The number of aromatic nitrogens is 2. The Hall–Kier alpha value is -4.91. The third-order valence-electron chi connectivity index (χ3n) is 6.42. The van der Waals surface area contributed by atoms with Crippen LogP contribution in [0.15, 0.2) is 97.5 Å². The van der Waals surface area contributed by atoms with Gasteiger partial charge in [0.15, 0.2) is 11.5 Å². The predicted octanol–water partition coefficient (Wildman–Crippen LogP) is 6.15. The lowest BCUT2D eigenvalue weighted by Gasteiger charge is -2.12. The van der Waals surface area contributed by atoms with Gasteiger partial charge in [0.05, 0.1) is 26.2 Å². The van der Waals surface area contributed by atoms with Crippen LogP contribution in [0.5, 0.6) is 23.0 Å². The maximum atomic E-state index is 12.7. The summed E-state index contributed by atoms with van der Waals surface area (Å²) in [6.45, 7) is 0. The molecule has 3 aromatic carbocycles. The molecular weight excluding hydrogens is 492 g/mol.